The Morgan fingerprint density at radius 3 is 2.53 bits per heavy atom. The van der Waals surface area contributed by atoms with Crippen LogP contribution in [0.2, 0.25) is 0 Å². The molecule has 0 fully saturated rings. The number of halogens is 1. The first-order valence-corrected chi connectivity index (χ1v) is 6.41. The topological polar surface area (TPSA) is 46.3 Å². The highest BCUT2D eigenvalue weighted by Crippen LogP contribution is 2.18. The monoisotopic (exact) mass is 276 g/mol. The van der Waals surface area contributed by atoms with Gasteiger partial charge in [0.15, 0.2) is 0 Å². The van der Waals surface area contributed by atoms with Crippen molar-refractivity contribution in [2.75, 3.05) is 6.54 Å². The van der Waals surface area contributed by atoms with Gasteiger partial charge in [0.05, 0.1) is 6.54 Å². The van der Waals surface area contributed by atoms with E-state index in [4.69, 9.17) is 5.73 Å². The van der Waals surface area contributed by atoms with Crippen LogP contribution in [0.1, 0.15) is 30.0 Å². The number of amides is 1. The molecule has 0 unspecified atom stereocenters. The molecular weight excluding hydrogens is 256 g/mol. The van der Waals surface area contributed by atoms with Gasteiger partial charge in [0.25, 0.3) is 0 Å². The zero-order chi connectivity index (χ0) is 12.1. The number of hydrogen-bond donors (Lipinski definition) is 1. The summed E-state index contributed by atoms with van der Waals surface area (Å²) in [7, 11) is 0. The molecule has 1 aromatic rings. The minimum absolute atomic E-state index is 0. The van der Waals surface area contributed by atoms with E-state index >= 15 is 0 Å². The number of nitrogens with zero attached hydrogens (tertiary/aromatic N) is 1. The van der Waals surface area contributed by atoms with Crippen molar-refractivity contribution in [1.82, 2.24) is 4.90 Å². The lowest BCUT2D eigenvalue weighted by Gasteiger charge is -2.26. The Labute approximate surface area is 113 Å². The average Bonchev–Trinajstić information content (AvgIpc) is 2.60. The second-order valence-electron chi connectivity index (χ2n) is 4.17. The summed E-state index contributed by atoms with van der Waals surface area (Å²) in [6, 6.07) is 4.40. The van der Waals surface area contributed by atoms with E-state index in [0.29, 0.717) is 19.5 Å². The van der Waals surface area contributed by atoms with Gasteiger partial charge in [-0.05, 0) is 32.9 Å². The molecule has 0 aromatic carbocycles. The molecule has 1 heterocycles. The van der Waals surface area contributed by atoms with Crippen molar-refractivity contribution in [3.05, 3.63) is 21.9 Å². The zero-order valence-electron chi connectivity index (χ0n) is 10.6. The maximum absolute atomic E-state index is 11.8. The van der Waals surface area contributed by atoms with Gasteiger partial charge in [0.1, 0.15) is 0 Å². The summed E-state index contributed by atoms with van der Waals surface area (Å²) in [6.07, 6.45) is 0.433. The predicted octanol–water partition coefficient (Wildman–Crippen LogP) is 2.56. The highest BCUT2D eigenvalue weighted by atomic mass is 35.5. The van der Waals surface area contributed by atoms with Crippen molar-refractivity contribution in [2.24, 2.45) is 5.73 Å². The van der Waals surface area contributed by atoms with Crippen LogP contribution >= 0.6 is 23.7 Å². The maximum atomic E-state index is 11.8. The molecule has 5 heteroatoms. The number of carbonyl (C=O) groups is 1. The minimum Gasteiger partial charge on any atom is -0.335 e. The van der Waals surface area contributed by atoms with Crippen LogP contribution in [0.25, 0.3) is 0 Å². The average molecular weight is 277 g/mol. The summed E-state index contributed by atoms with van der Waals surface area (Å²) in [5, 5.41) is 0. The van der Waals surface area contributed by atoms with Crippen molar-refractivity contribution in [3.63, 3.8) is 0 Å². The largest absolute Gasteiger partial charge is 0.335 e. The number of aryl methyl sites for hydroxylation is 1. The summed E-state index contributed by atoms with van der Waals surface area (Å²) in [5.74, 6) is 0.142. The van der Waals surface area contributed by atoms with E-state index in [1.54, 1.807) is 11.3 Å². The van der Waals surface area contributed by atoms with Crippen molar-refractivity contribution < 1.29 is 4.79 Å². The molecule has 0 radical (unpaired) electrons. The molecule has 0 aliphatic rings. The number of rotatable bonds is 5. The van der Waals surface area contributed by atoms with Crippen LogP contribution < -0.4 is 5.73 Å². The van der Waals surface area contributed by atoms with E-state index in [-0.39, 0.29) is 24.4 Å². The number of thiophene rings is 1. The molecule has 0 aliphatic carbocycles. The number of nitrogens with two attached hydrogens (primary N) is 1. The third-order valence-corrected chi connectivity index (χ3v) is 3.41. The van der Waals surface area contributed by atoms with Crippen LogP contribution in [0.5, 0.6) is 0 Å². The molecule has 1 amide bonds. The summed E-state index contributed by atoms with van der Waals surface area (Å²) in [6.45, 7) is 7.28. The maximum Gasteiger partial charge on any atom is 0.224 e. The molecule has 0 atom stereocenters. The molecular formula is C12H21ClN2OS. The van der Waals surface area contributed by atoms with Gasteiger partial charge >= 0.3 is 0 Å². The van der Waals surface area contributed by atoms with Crippen molar-refractivity contribution in [1.29, 1.82) is 0 Å². The first kappa shape index (κ1) is 16.4. The van der Waals surface area contributed by atoms with Crippen LogP contribution in [-0.2, 0) is 11.3 Å². The van der Waals surface area contributed by atoms with Crippen LogP contribution in [-0.4, -0.2) is 23.4 Å². The van der Waals surface area contributed by atoms with Gasteiger partial charge in [-0.1, -0.05) is 0 Å². The van der Waals surface area contributed by atoms with E-state index in [9.17, 15) is 4.79 Å². The van der Waals surface area contributed by atoms with Gasteiger partial charge in [-0.25, -0.2) is 0 Å². The highest BCUT2D eigenvalue weighted by Gasteiger charge is 2.16. The summed E-state index contributed by atoms with van der Waals surface area (Å²) < 4.78 is 0. The fourth-order valence-electron chi connectivity index (χ4n) is 1.56. The second kappa shape index (κ2) is 7.69. The number of carbonyl (C=O) groups excluding carboxylic acids is 1. The Kier molecular flexibility index (Phi) is 7.43. The van der Waals surface area contributed by atoms with E-state index < -0.39 is 0 Å². The smallest absolute Gasteiger partial charge is 0.224 e. The van der Waals surface area contributed by atoms with E-state index in [0.717, 1.165) is 0 Å². The Morgan fingerprint density at radius 1 is 1.47 bits per heavy atom. The van der Waals surface area contributed by atoms with Gasteiger partial charge in [0.2, 0.25) is 5.91 Å². The van der Waals surface area contributed by atoms with E-state index in [1.165, 1.54) is 9.75 Å². The van der Waals surface area contributed by atoms with Crippen molar-refractivity contribution in [2.45, 2.75) is 39.8 Å². The molecule has 0 spiro atoms. The Hall–Kier alpha value is -0.580. The van der Waals surface area contributed by atoms with Crippen LogP contribution in [0.4, 0.5) is 0 Å². The highest BCUT2D eigenvalue weighted by molar-refractivity contribution is 7.11. The molecule has 0 saturated heterocycles. The molecule has 1 rings (SSSR count). The quantitative estimate of drug-likeness (QED) is 0.898. The van der Waals surface area contributed by atoms with Gasteiger partial charge in [-0.15, -0.1) is 23.7 Å². The second-order valence-corrected chi connectivity index (χ2v) is 5.54. The normalized spacial score (nSPS) is 10.2. The molecule has 0 bridgehead atoms. The summed E-state index contributed by atoms with van der Waals surface area (Å²) in [5.41, 5.74) is 5.42. The van der Waals surface area contributed by atoms with Crippen LogP contribution in [0.3, 0.4) is 0 Å². The van der Waals surface area contributed by atoms with Crippen molar-refractivity contribution in [3.8, 4) is 0 Å². The zero-order valence-corrected chi connectivity index (χ0v) is 12.2. The molecule has 0 aliphatic heterocycles. The lowest BCUT2D eigenvalue weighted by molar-refractivity contribution is -0.133. The first-order chi connectivity index (χ1) is 7.54. The SMILES string of the molecule is Cc1ccc(CN(C(=O)CCN)C(C)C)s1.Cl. The molecule has 0 saturated carbocycles. The Bertz CT molecular complexity index is 352. The van der Waals surface area contributed by atoms with Crippen LogP contribution in [0.15, 0.2) is 12.1 Å². The Balaban J connectivity index is 0.00000256. The van der Waals surface area contributed by atoms with E-state index in [2.05, 4.69) is 19.1 Å². The van der Waals surface area contributed by atoms with Gasteiger partial charge in [-0.2, -0.15) is 0 Å². The standard InChI is InChI=1S/C12H20N2OS.ClH/c1-9(2)14(12(15)6-7-13)8-11-5-4-10(3)16-11;/h4-5,9H,6-8,13H2,1-3H3;1H. The fraction of sp³-hybridized carbons (Fsp3) is 0.583. The molecule has 2 N–H and O–H groups in total. The first-order valence-electron chi connectivity index (χ1n) is 5.59. The molecule has 3 nitrogen and oxygen atoms in total. The van der Waals surface area contributed by atoms with Gasteiger partial charge in [-0.3, -0.25) is 4.79 Å². The molecule has 17 heavy (non-hydrogen) atoms. The Morgan fingerprint density at radius 2 is 2.12 bits per heavy atom. The van der Waals surface area contributed by atoms with Crippen molar-refractivity contribution >= 4 is 29.7 Å². The third-order valence-electron chi connectivity index (χ3n) is 2.42. The molecule has 98 valence electrons. The van der Waals surface area contributed by atoms with E-state index in [1.807, 2.05) is 18.7 Å². The third kappa shape index (κ3) is 5.06. The fourth-order valence-corrected chi connectivity index (χ4v) is 2.45. The summed E-state index contributed by atoms with van der Waals surface area (Å²) >= 11 is 1.74. The molecule has 1 aromatic heterocycles. The lowest BCUT2D eigenvalue weighted by atomic mass is 10.2. The summed E-state index contributed by atoms with van der Waals surface area (Å²) in [4.78, 5) is 16.2. The minimum atomic E-state index is 0. The lowest BCUT2D eigenvalue weighted by Crippen LogP contribution is -2.37. The van der Waals surface area contributed by atoms with Crippen LogP contribution in [0, 0.1) is 6.92 Å². The van der Waals surface area contributed by atoms with Gasteiger partial charge < -0.3 is 10.6 Å². The number of hydrogen-bond acceptors (Lipinski definition) is 3. The van der Waals surface area contributed by atoms with Gasteiger partial charge in [0, 0.05) is 28.8 Å². The predicted molar refractivity (Wildman–Crippen MR) is 75.7 cm³/mol.